The summed E-state index contributed by atoms with van der Waals surface area (Å²) < 4.78 is 227. The predicted molar refractivity (Wildman–Crippen MR) is 409 cm³/mol. The Labute approximate surface area is 725 Å². The van der Waals surface area contributed by atoms with Gasteiger partial charge in [-0.15, -0.1) is 48.5 Å². The molecule has 0 fully saturated rings. The Balaban J connectivity index is 0.000000239. The van der Waals surface area contributed by atoms with Crippen molar-refractivity contribution in [1.29, 1.82) is 0 Å². The van der Waals surface area contributed by atoms with E-state index in [1.54, 1.807) is 170 Å². The van der Waals surface area contributed by atoms with Crippen molar-refractivity contribution < 1.29 is 167 Å². The van der Waals surface area contributed by atoms with E-state index in [1.165, 1.54) is 49.1 Å². The fourth-order valence-corrected chi connectivity index (χ4v) is 12.7. The van der Waals surface area contributed by atoms with E-state index in [0.29, 0.717) is 44.3 Å². The molecule has 0 saturated heterocycles. The van der Waals surface area contributed by atoms with Crippen LogP contribution in [0.3, 0.4) is 0 Å². The molecule has 8 aromatic carbocycles. The Morgan fingerprint density at radius 3 is 0.686 bits per heavy atom. The minimum Gasteiger partial charge on any atom is -0.305 e. The molecule has 0 bridgehead atoms. The van der Waals surface area contributed by atoms with E-state index in [0.717, 1.165) is 59.7 Å². The van der Waals surface area contributed by atoms with Gasteiger partial charge in [0.2, 0.25) is 0 Å². The first-order chi connectivity index (χ1) is 54.2. The minimum absolute atomic E-state index is 0. The summed E-state index contributed by atoms with van der Waals surface area (Å²) in [5.74, 6) is -5.13. The maximum absolute atomic E-state index is 13.4. The van der Waals surface area contributed by atoms with Gasteiger partial charge in [0.15, 0.2) is 0 Å². The molecule has 616 valence electrons. The van der Waals surface area contributed by atoms with Crippen LogP contribution in [0.1, 0.15) is 11.1 Å². The van der Waals surface area contributed by atoms with E-state index in [9.17, 15) is 68.8 Å². The summed E-state index contributed by atoms with van der Waals surface area (Å²) in [5, 5.41) is 2.73. The van der Waals surface area contributed by atoms with Crippen molar-refractivity contribution in [3.05, 3.63) is 362 Å². The Morgan fingerprint density at radius 2 is 0.475 bits per heavy atom. The molecular weight excluding hydrogens is 2340 g/mol. The summed E-state index contributed by atoms with van der Waals surface area (Å²) >= 11 is 0. The molecule has 0 aliphatic rings. The molecule has 36 heteroatoms. The van der Waals surface area contributed by atoms with E-state index < -0.39 is 87.0 Å². The molecule has 0 atom stereocenters. The number of pyridine rings is 8. The number of fused-ring (bicyclic) bond motifs is 4. The van der Waals surface area contributed by atoms with Gasteiger partial charge < -0.3 is 19.9 Å². The number of halogens is 8. The van der Waals surface area contributed by atoms with E-state index in [1.807, 2.05) is 26.0 Å². The van der Waals surface area contributed by atoms with E-state index in [4.69, 9.17) is 18.2 Å². The molecule has 16 rings (SSSR count). The van der Waals surface area contributed by atoms with Crippen molar-refractivity contribution in [3.8, 4) is 45.0 Å². The third-order valence-electron chi connectivity index (χ3n) is 15.1. The molecule has 0 saturated carbocycles. The van der Waals surface area contributed by atoms with Crippen LogP contribution in [0, 0.1) is 84.7 Å². The molecule has 118 heavy (non-hydrogen) atoms. The average molecular weight is 2390 g/mol. The van der Waals surface area contributed by atoms with Crippen LogP contribution in [0.2, 0.25) is 0 Å². The Morgan fingerprint density at radius 1 is 0.254 bits per heavy atom. The second-order valence-electron chi connectivity index (χ2n) is 23.3. The number of hydrogen-bond acceptors (Lipinski definition) is 16. The molecular formula is C82H56F8Ir4N8O12S4-4. The van der Waals surface area contributed by atoms with Crippen LogP contribution < -0.4 is 0 Å². The molecule has 16 aromatic rings. The van der Waals surface area contributed by atoms with E-state index in [-0.39, 0.29) is 144 Å². The van der Waals surface area contributed by atoms with Crippen molar-refractivity contribution >= 4 is 84.1 Å². The molecule has 0 spiro atoms. The normalized spacial score (nSPS) is 10.6. The van der Waals surface area contributed by atoms with E-state index >= 15 is 0 Å². The van der Waals surface area contributed by atoms with Crippen LogP contribution in [0.4, 0.5) is 35.1 Å². The van der Waals surface area contributed by atoms with Crippen LogP contribution in [0.25, 0.3) is 88.6 Å². The number of aromatic nitrogens is 8. The van der Waals surface area contributed by atoms with Crippen LogP contribution in [0.5, 0.6) is 0 Å². The number of rotatable bonds is 8. The zero-order valence-corrected chi connectivity index (χ0v) is 73.0. The first-order valence-electron chi connectivity index (χ1n) is 32.6. The van der Waals surface area contributed by atoms with Gasteiger partial charge in [0.1, 0.15) is 19.6 Å². The molecule has 8 heterocycles. The molecule has 4 N–H and O–H groups in total. The molecule has 0 aliphatic heterocycles. The van der Waals surface area contributed by atoms with Crippen molar-refractivity contribution in [2.24, 2.45) is 0 Å². The summed E-state index contributed by atoms with van der Waals surface area (Å²) in [7, 11) is -16.8. The Hall–Kier alpha value is -10.3. The summed E-state index contributed by atoms with van der Waals surface area (Å²) in [6.07, 6.45) is 12.2. The standard InChI is InChI=1S/2C12H8F2N.2C11H6F2N.4C9H7NO3S.4Ir/c2*1-8-4-5-15-12(6-8)10-3-2-9(13)7-11(10)14;2*12-8-4-5-9(10(13)7-8)11-3-1-2-6-14-11;4*11-14(12,13)8-5-1-3-7-4-2-6-10-9(7)8;;;;/h2*2,4-7H,1H3;2*1-4,6-7H;4*1-6H,(H,11,12,13);;;;/q4*-1;;;;;;;;. The van der Waals surface area contributed by atoms with Crippen LogP contribution in [-0.2, 0) is 121 Å². The Bertz CT molecular complexity index is 5960. The number of hydrogen-bond donors (Lipinski definition) is 4. The van der Waals surface area contributed by atoms with Crippen molar-refractivity contribution in [3.63, 3.8) is 0 Å². The van der Waals surface area contributed by atoms with Crippen molar-refractivity contribution in [2.75, 3.05) is 0 Å². The molecule has 4 radical (unpaired) electrons. The first kappa shape index (κ1) is 98.3. The number of benzene rings is 8. The molecule has 0 amide bonds. The number of nitrogens with zero attached hydrogens (tertiary/aromatic N) is 8. The predicted octanol–water partition coefficient (Wildman–Crippen LogP) is 17.8. The fraction of sp³-hybridized carbons (Fsp3) is 0.0244. The third kappa shape index (κ3) is 28.5. The van der Waals surface area contributed by atoms with Crippen LogP contribution in [-0.4, -0.2) is 91.8 Å². The fourth-order valence-electron chi connectivity index (χ4n) is 10.1. The zero-order valence-electron chi connectivity index (χ0n) is 60.2. The summed E-state index contributed by atoms with van der Waals surface area (Å²) in [5.41, 5.74) is 5.69. The largest absolute Gasteiger partial charge is 0.305 e. The zero-order chi connectivity index (χ0) is 82.3. The molecule has 0 unspecified atom stereocenters. The SMILES string of the molecule is Cc1ccnc(-c2[c-]cc(F)cc2F)c1.Cc1ccnc(-c2[c-]cc(F)cc2F)c1.Fc1c[c-]c(-c2ccccn2)c(F)c1.Fc1c[c-]c(-c2ccccn2)c(F)c1.O=S(=O)(O)c1cccc2cccnc12.O=S(=O)(O)c1cccc2cccnc12.O=S(=O)(O)c1cccc2cccnc12.O=S(=O)(O)c1cccc2cccnc12.[Ir].[Ir].[Ir].[Ir]. The van der Waals surface area contributed by atoms with Crippen molar-refractivity contribution in [1.82, 2.24) is 39.9 Å². The van der Waals surface area contributed by atoms with Crippen LogP contribution in [0.15, 0.2) is 300 Å². The monoisotopic (exact) mass is 2400 g/mol. The summed E-state index contributed by atoms with van der Waals surface area (Å²) in [6.45, 7) is 3.76. The number of para-hydroxylation sites is 4. The second-order valence-corrected chi connectivity index (χ2v) is 28.8. The Kier molecular flexibility index (Phi) is 37.9. The van der Waals surface area contributed by atoms with E-state index in [2.05, 4.69) is 64.1 Å². The van der Waals surface area contributed by atoms with Gasteiger partial charge in [0, 0.05) is 198 Å². The average Bonchev–Trinajstić information content (AvgIpc) is 0.813. The second kappa shape index (κ2) is 45.6. The molecule has 20 nitrogen and oxygen atoms in total. The minimum atomic E-state index is -4.19. The molecule has 8 aromatic heterocycles. The third-order valence-corrected chi connectivity index (χ3v) is 18.7. The quantitative estimate of drug-likeness (QED) is 0.0624. The maximum Gasteiger partial charge on any atom is 0.296 e. The van der Waals surface area contributed by atoms with Gasteiger partial charge in [-0.3, -0.25) is 73.3 Å². The van der Waals surface area contributed by atoms with Gasteiger partial charge in [0.05, 0.1) is 22.1 Å². The van der Waals surface area contributed by atoms with Gasteiger partial charge in [-0.2, -0.15) is 33.7 Å². The van der Waals surface area contributed by atoms with Gasteiger partial charge in [-0.25, -0.2) is 0 Å². The van der Waals surface area contributed by atoms with Gasteiger partial charge in [-0.05, 0) is 109 Å². The van der Waals surface area contributed by atoms with Gasteiger partial charge in [-0.1, -0.05) is 167 Å². The van der Waals surface area contributed by atoms with Crippen LogP contribution >= 0.6 is 0 Å². The summed E-state index contributed by atoms with van der Waals surface area (Å²) in [6, 6.07) is 67.3. The summed E-state index contributed by atoms with van der Waals surface area (Å²) in [4.78, 5) is 30.9. The van der Waals surface area contributed by atoms with Gasteiger partial charge in [0.25, 0.3) is 40.5 Å². The van der Waals surface area contributed by atoms with Gasteiger partial charge >= 0.3 is 0 Å². The van der Waals surface area contributed by atoms with Crippen molar-refractivity contribution in [2.45, 2.75) is 33.4 Å². The smallest absolute Gasteiger partial charge is 0.296 e. The molecule has 0 aliphatic carbocycles. The first-order valence-corrected chi connectivity index (χ1v) is 38.4. The maximum atomic E-state index is 13.4. The number of aryl methyl sites for hydroxylation is 2. The topological polar surface area (TPSA) is 321 Å².